The van der Waals surface area contributed by atoms with Gasteiger partial charge in [-0.25, -0.2) is 19.6 Å². The summed E-state index contributed by atoms with van der Waals surface area (Å²) in [4.78, 5) is 26.9. The number of imidazole rings is 1. The lowest BCUT2D eigenvalue weighted by Crippen LogP contribution is -2.22. The van der Waals surface area contributed by atoms with Crippen molar-refractivity contribution < 1.29 is 9.90 Å². The first-order valence-electron chi connectivity index (χ1n) is 14.3. The summed E-state index contributed by atoms with van der Waals surface area (Å²) in [5.41, 5.74) is 14.1. The molecule has 10 heteroatoms. The number of carbonyl (C=O) groups is 1. The van der Waals surface area contributed by atoms with Crippen LogP contribution in [0.15, 0.2) is 116 Å². The van der Waals surface area contributed by atoms with Crippen molar-refractivity contribution >= 4 is 22.9 Å². The molecule has 0 aliphatic heterocycles. The Hall–Kier alpha value is -6.29. The molecular weight excluding hydrogens is 564 g/mol. The number of aromatic hydroxyl groups is 1. The maximum absolute atomic E-state index is 12.9. The van der Waals surface area contributed by atoms with Gasteiger partial charge in [0.15, 0.2) is 11.5 Å². The number of amides is 1. The van der Waals surface area contributed by atoms with E-state index in [0.29, 0.717) is 46.3 Å². The van der Waals surface area contributed by atoms with Crippen LogP contribution in [0.4, 0.5) is 5.82 Å². The van der Waals surface area contributed by atoms with Crippen LogP contribution in [0.3, 0.4) is 0 Å². The van der Waals surface area contributed by atoms with Crippen molar-refractivity contribution in [2.45, 2.75) is 13.5 Å². The van der Waals surface area contributed by atoms with E-state index >= 15 is 0 Å². The minimum atomic E-state index is -0.208. The number of aromatic nitrogens is 6. The number of aryl methyl sites for hydroxylation is 1. The van der Waals surface area contributed by atoms with Crippen molar-refractivity contribution in [1.29, 1.82) is 0 Å². The zero-order chi connectivity index (χ0) is 30.9. The van der Waals surface area contributed by atoms with Gasteiger partial charge in [-0.15, -0.1) is 0 Å². The van der Waals surface area contributed by atoms with Crippen LogP contribution in [0, 0.1) is 6.92 Å². The molecule has 0 radical (unpaired) electrons. The molecule has 3 aromatic carbocycles. The van der Waals surface area contributed by atoms with Gasteiger partial charge in [-0.3, -0.25) is 9.36 Å². The number of nitrogens with one attached hydrogen (secondary N) is 1. The average Bonchev–Trinajstić information content (AvgIpc) is 3.62. The van der Waals surface area contributed by atoms with Crippen molar-refractivity contribution in [3.8, 4) is 39.8 Å². The molecule has 1 amide bonds. The van der Waals surface area contributed by atoms with Gasteiger partial charge in [0.1, 0.15) is 11.3 Å². The fraction of sp³-hybridized carbons (Fsp3) is 0.0571. The van der Waals surface area contributed by atoms with Crippen LogP contribution >= 0.6 is 0 Å². The molecule has 0 bridgehead atoms. The van der Waals surface area contributed by atoms with Gasteiger partial charge in [0.05, 0.1) is 16.9 Å². The highest BCUT2D eigenvalue weighted by Gasteiger charge is 2.19. The molecule has 7 aromatic rings. The quantitative estimate of drug-likeness (QED) is 0.211. The Bertz CT molecular complexity index is 2150. The molecule has 10 nitrogen and oxygen atoms in total. The SMILES string of the molecule is Cc1cc(O)n(-c2ccc(C(=O)NCc3ccc(-n4c(-c5cccnc5N)nc5cc(-c6ccccc6)cnc54)cc3)cc2)n1. The number of nitrogen functional groups attached to an aromatic ring is 1. The van der Waals surface area contributed by atoms with Gasteiger partial charge < -0.3 is 16.2 Å². The van der Waals surface area contributed by atoms with E-state index in [1.807, 2.05) is 83.6 Å². The van der Waals surface area contributed by atoms with Crippen LogP contribution in [-0.4, -0.2) is 40.3 Å². The van der Waals surface area contributed by atoms with Crippen LogP contribution in [0.2, 0.25) is 0 Å². The largest absolute Gasteiger partial charge is 0.493 e. The highest BCUT2D eigenvalue weighted by molar-refractivity contribution is 5.94. The van der Waals surface area contributed by atoms with E-state index in [-0.39, 0.29) is 11.8 Å². The predicted molar refractivity (Wildman–Crippen MR) is 173 cm³/mol. The topological polar surface area (TPSA) is 137 Å². The monoisotopic (exact) mass is 592 g/mol. The Morgan fingerprint density at radius 3 is 2.33 bits per heavy atom. The number of anilines is 1. The predicted octanol–water partition coefficient (Wildman–Crippen LogP) is 5.86. The minimum absolute atomic E-state index is 0.0422. The van der Waals surface area contributed by atoms with Crippen LogP contribution in [0.5, 0.6) is 5.88 Å². The van der Waals surface area contributed by atoms with Crippen LogP contribution in [-0.2, 0) is 6.54 Å². The van der Waals surface area contributed by atoms with E-state index < -0.39 is 0 Å². The first-order valence-corrected chi connectivity index (χ1v) is 14.3. The second-order valence-electron chi connectivity index (χ2n) is 10.6. The molecule has 0 spiro atoms. The fourth-order valence-electron chi connectivity index (χ4n) is 5.26. The molecule has 7 rings (SSSR count). The van der Waals surface area contributed by atoms with E-state index in [2.05, 4.69) is 15.4 Å². The molecule has 0 unspecified atom stereocenters. The summed E-state index contributed by atoms with van der Waals surface area (Å²) in [6.07, 6.45) is 3.50. The number of nitrogens with two attached hydrogens (primary N) is 1. The first kappa shape index (κ1) is 27.5. The van der Waals surface area contributed by atoms with E-state index in [0.717, 1.165) is 27.9 Å². The molecule has 0 aliphatic carbocycles. The number of pyridine rings is 2. The van der Waals surface area contributed by atoms with Gasteiger partial charge in [0, 0.05) is 41.8 Å². The van der Waals surface area contributed by atoms with Gasteiger partial charge in [-0.1, -0.05) is 42.5 Å². The first-order chi connectivity index (χ1) is 21.9. The fourth-order valence-corrected chi connectivity index (χ4v) is 5.26. The summed E-state index contributed by atoms with van der Waals surface area (Å²) in [5.74, 6) is 0.845. The molecule has 4 heterocycles. The van der Waals surface area contributed by atoms with Gasteiger partial charge in [-0.05, 0) is 72.6 Å². The number of hydrogen-bond acceptors (Lipinski definition) is 7. The van der Waals surface area contributed by atoms with Crippen LogP contribution in [0.25, 0.3) is 45.1 Å². The molecule has 0 saturated carbocycles. The molecule has 0 aliphatic rings. The summed E-state index contributed by atoms with van der Waals surface area (Å²) < 4.78 is 3.40. The van der Waals surface area contributed by atoms with E-state index in [1.54, 1.807) is 43.5 Å². The third-order valence-electron chi connectivity index (χ3n) is 7.52. The second kappa shape index (κ2) is 11.4. The lowest BCUT2D eigenvalue weighted by atomic mass is 10.1. The number of rotatable bonds is 7. The van der Waals surface area contributed by atoms with Gasteiger partial charge in [0.2, 0.25) is 5.88 Å². The molecular formula is C35H28N8O2. The summed E-state index contributed by atoms with van der Waals surface area (Å²) in [6.45, 7) is 2.14. The molecule has 45 heavy (non-hydrogen) atoms. The van der Waals surface area contributed by atoms with Crippen LogP contribution in [0.1, 0.15) is 21.6 Å². The Kier molecular flexibility index (Phi) is 6.99. The number of nitrogens with zero attached hydrogens (tertiary/aromatic N) is 6. The van der Waals surface area contributed by atoms with Crippen molar-refractivity contribution in [2.24, 2.45) is 0 Å². The summed E-state index contributed by atoms with van der Waals surface area (Å²) >= 11 is 0. The van der Waals surface area contributed by atoms with E-state index in [9.17, 15) is 9.90 Å². The summed E-state index contributed by atoms with van der Waals surface area (Å²) in [5, 5.41) is 17.3. The molecule has 4 aromatic heterocycles. The average molecular weight is 593 g/mol. The summed E-state index contributed by atoms with van der Waals surface area (Å²) in [6, 6.07) is 32.2. The second-order valence-corrected chi connectivity index (χ2v) is 10.6. The number of fused-ring (bicyclic) bond motifs is 1. The van der Waals surface area contributed by atoms with Crippen molar-refractivity contribution in [1.82, 2.24) is 34.6 Å². The van der Waals surface area contributed by atoms with Crippen molar-refractivity contribution in [3.63, 3.8) is 0 Å². The van der Waals surface area contributed by atoms with Gasteiger partial charge in [-0.2, -0.15) is 5.10 Å². The molecule has 220 valence electrons. The standard InChI is InChI=1S/C35H28N8O2/c1-22-18-31(44)43(41-22)28-15-11-25(12-16-28)35(45)39-20-23-9-13-27(14-10-23)42-33(29-8-5-17-37-32(29)36)40-30-19-26(21-38-34(30)42)24-6-3-2-4-7-24/h2-19,21,44H,20H2,1H3,(H2,36,37)(H,39,45). The zero-order valence-corrected chi connectivity index (χ0v) is 24.3. The maximum Gasteiger partial charge on any atom is 0.251 e. The third-order valence-corrected chi connectivity index (χ3v) is 7.52. The lowest BCUT2D eigenvalue weighted by Gasteiger charge is -2.12. The Balaban J connectivity index is 1.14. The Morgan fingerprint density at radius 1 is 0.867 bits per heavy atom. The maximum atomic E-state index is 12.9. The molecule has 0 fully saturated rings. The van der Waals surface area contributed by atoms with Crippen LogP contribution < -0.4 is 11.1 Å². The smallest absolute Gasteiger partial charge is 0.251 e. The highest BCUT2D eigenvalue weighted by Crippen LogP contribution is 2.32. The zero-order valence-electron chi connectivity index (χ0n) is 24.3. The molecule has 0 saturated heterocycles. The minimum Gasteiger partial charge on any atom is -0.493 e. The highest BCUT2D eigenvalue weighted by atomic mass is 16.3. The van der Waals surface area contributed by atoms with E-state index in [1.165, 1.54) is 4.68 Å². The third kappa shape index (κ3) is 5.36. The molecule has 0 atom stereocenters. The number of hydrogen-bond donors (Lipinski definition) is 3. The molecule has 4 N–H and O–H groups in total. The normalized spacial score (nSPS) is 11.1. The Morgan fingerprint density at radius 2 is 1.62 bits per heavy atom. The summed E-state index contributed by atoms with van der Waals surface area (Å²) in [7, 11) is 0. The Labute approximate surface area is 258 Å². The number of carbonyl (C=O) groups excluding carboxylic acids is 1. The van der Waals surface area contributed by atoms with Gasteiger partial charge in [0.25, 0.3) is 5.91 Å². The van der Waals surface area contributed by atoms with Crippen molar-refractivity contribution in [3.05, 3.63) is 132 Å². The number of benzene rings is 3. The van der Waals surface area contributed by atoms with Gasteiger partial charge >= 0.3 is 0 Å². The van der Waals surface area contributed by atoms with Crippen molar-refractivity contribution in [2.75, 3.05) is 5.73 Å². The lowest BCUT2D eigenvalue weighted by molar-refractivity contribution is 0.0951. The van der Waals surface area contributed by atoms with E-state index in [4.69, 9.17) is 15.7 Å².